The molecule has 1 atom stereocenters. The van der Waals surface area contributed by atoms with E-state index < -0.39 is 0 Å². The fraction of sp³-hybridized carbons (Fsp3) is 0.316. The molecular weight excluding hydrogens is 312 g/mol. The molecule has 1 aromatic carbocycles. The summed E-state index contributed by atoms with van der Waals surface area (Å²) in [4.78, 5) is 12.6. The Morgan fingerprint density at radius 3 is 2.84 bits per heavy atom. The highest BCUT2D eigenvalue weighted by molar-refractivity contribution is 5.75. The maximum atomic E-state index is 4.83. The lowest BCUT2D eigenvalue weighted by Gasteiger charge is -2.10. The van der Waals surface area contributed by atoms with Crippen LogP contribution in [0.3, 0.4) is 0 Å². The smallest absolute Gasteiger partial charge is 0.177 e. The van der Waals surface area contributed by atoms with E-state index in [2.05, 4.69) is 55.5 Å². The summed E-state index contributed by atoms with van der Waals surface area (Å²) in [5, 5.41) is 4.53. The molecule has 1 fully saturated rings. The Bertz CT molecular complexity index is 1010. The lowest BCUT2D eigenvalue weighted by molar-refractivity contribution is 0.451. The highest BCUT2D eigenvalue weighted by atomic mass is 15.3. The number of aromatic amines is 1. The fourth-order valence-corrected chi connectivity index (χ4v) is 3.44. The van der Waals surface area contributed by atoms with E-state index in [1.807, 2.05) is 24.8 Å². The number of nitrogens with one attached hydrogen (secondary N) is 1. The van der Waals surface area contributed by atoms with Crippen LogP contribution in [0.2, 0.25) is 0 Å². The fourth-order valence-electron chi connectivity index (χ4n) is 3.44. The molecule has 1 aliphatic rings. The van der Waals surface area contributed by atoms with Gasteiger partial charge in [0.25, 0.3) is 0 Å². The average Bonchev–Trinajstić information content (AvgIpc) is 3.05. The number of benzene rings is 1. The van der Waals surface area contributed by atoms with Crippen LogP contribution in [0.25, 0.3) is 22.7 Å². The molecule has 4 aromatic rings. The zero-order valence-corrected chi connectivity index (χ0v) is 14.1. The van der Waals surface area contributed by atoms with Gasteiger partial charge in [0, 0.05) is 6.54 Å². The van der Waals surface area contributed by atoms with E-state index in [9.17, 15) is 0 Å². The van der Waals surface area contributed by atoms with Gasteiger partial charge in [0.15, 0.2) is 11.5 Å². The Hall–Kier alpha value is -2.89. The number of fused-ring (bicyclic) bond motifs is 1. The number of hydrogen-bond acceptors (Lipinski definition) is 3. The van der Waals surface area contributed by atoms with Crippen molar-refractivity contribution in [3.05, 3.63) is 54.6 Å². The summed E-state index contributed by atoms with van der Waals surface area (Å²) in [6.45, 7) is 3.01. The average molecular weight is 332 g/mol. The van der Waals surface area contributed by atoms with Crippen LogP contribution < -0.4 is 0 Å². The summed E-state index contributed by atoms with van der Waals surface area (Å²) in [6.07, 6.45) is 8.19. The van der Waals surface area contributed by atoms with Crippen molar-refractivity contribution in [2.75, 3.05) is 0 Å². The van der Waals surface area contributed by atoms with Crippen molar-refractivity contribution >= 4 is 11.2 Å². The first-order valence-corrected chi connectivity index (χ1v) is 8.77. The zero-order valence-electron chi connectivity index (χ0n) is 14.1. The van der Waals surface area contributed by atoms with Crippen LogP contribution in [0.1, 0.15) is 31.4 Å². The molecule has 5 rings (SSSR count). The molecule has 126 valence electrons. The highest BCUT2D eigenvalue weighted by Gasteiger charge is 2.31. The van der Waals surface area contributed by atoms with Gasteiger partial charge in [0.2, 0.25) is 0 Å². The molecule has 0 bridgehead atoms. The normalized spacial score (nSPS) is 15.7. The molecular formula is C19H20N6. The van der Waals surface area contributed by atoms with Crippen molar-refractivity contribution in [2.24, 2.45) is 5.92 Å². The van der Waals surface area contributed by atoms with E-state index in [0.717, 1.165) is 35.1 Å². The molecule has 0 spiro atoms. The molecule has 1 unspecified atom stereocenters. The van der Waals surface area contributed by atoms with Gasteiger partial charge in [-0.2, -0.15) is 5.10 Å². The second kappa shape index (κ2) is 5.58. The first-order valence-electron chi connectivity index (χ1n) is 8.77. The molecule has 0 radical (unpaired) electrons. The third kappa shape index (κ3) is 2.54. The van der Waals surface area contributed by atoms with E-state index >= 15 is 0 Å². The van der Waals surface area contributed by atoms with Crippen LogP contribution in [0.4, 0.5) is 0 Å². The Balaban J connectivity index is 1.50. The largest absolute Gasteiger partial charge is 0.334 e. The van der Waals surface area contributed by atoms with E-state index in [1.165, 1.54) is 18.4 Å². The molecule has 6 heteroatoms. The predicted octanol–water partition coefficient (Wildman–Crippen LogP) is 3.64. The summed E-state index contributed by atoms with van der Waals surface area (Å²) in [7, 11) is 0. The van der Waals surface area contributed by atoms with E-state index in [0.29, 0.717) is 6.04 Å². The van der Waals surface area contributed by atoms with Crippen LogP contribution >= 0.6 is 0 Å². The van der Waals surface area contributed by atoms with Crippen LogP contribution in [0.5, 0.6) is 0 Å². The Kier molecular flexibility index (Phi) is 3.23. The number of imidazole rings is 2. The van der Waals surface area contributed by atoms with Gasteiger partial charge in [-0.15, -0.1) is 0 Å². The van der Waals surface area contributed by atoms with Gasteiger partial charge in [-0.3, -0.25) is 0 Å². The molecule has 1 N–H and O–H groups in total. The zero-order chi connectivity index (χ0) is 16.8. The second-order valence-corrected chi connectivity index (χ2v) is 6.88. The molecule has 6 nitrogen and oxygen atoms in total. The molecule has 0 saturated heterocycles. The monoisotopic (exact) mass is 332 g/mol. The third-order valence-corrected chi connectivity index (χ3v) is 5.08. The van der Waals surface area contributed by atoms with Gasteiger partial charge in [0.1, 0.15) is 11.2 Å². The molecule has 25 heavy (non-hydrogen) atoms. The minimum atomic E-state index is 0.405. The Morgan fingerprint density at radius 2 is 2.04 bits per heavy atom. The van der Waals surface area contributed by atoms with Crippen LogP contribution in [0.15, 0.2) is 49.1 Å². The van der Waals surface area contributed by atoms with E-state index in [1.54, 1.807) is 0 Å². The highest BCUT2D eigenvalue weighted by Crippen LogP contribution is 2.40. The number of H-pyrrole nitrogens is 1. The van der Waals surface area contributed by atoms with Crippen molar-refractivity contribution in [3.8, 4) is 11.5 Å². The Morgan fingerprint density at radius 1 is 1.20 bits per heavy atom. The SMILES string of the molecule is CC(C1CC1)n1ncc2[nH]c(-c3cncn3Cc3ccccc3)nc21. The first kappa shape index (κ1) is 14.5. The van der Waals surface area contributed by atoms with Crippen molar-refractivity contribution in [2.45, 2.75) is 32.4 Å². The second-order valence-electron chi connectivity index (χ2n) is 6.88. The Labute approximate surface area is 145 Å². The van der Waals surface area contributed by atoms with Crippen molar-refractivity contribution in [1.82, 2.24) is 29.3 Å². The van der Waals surface area contributed by atoms with Crippen LogP contribution in [-0.4, -0.2) is 29.3 Å². The molecule has 0 amide bonds. The summed E-state index contributed by atoms with van der Waals surface area (Å²) in [6, 6.07) is 10.8. The van der Waals surface area contributed by atoms with Gasteiger partial charge in [-0.25, -0.2) is 14.6 Å². The lowest BCUT2D eigenvalue weighted by Crippen LogP contribution is -2.09. The van der Waals surface area contributed by atoms with Gasteiger partial charge in [-0.1, -0.05) is 30.3 Å². The van der Waals surface area contributed by atoms with Crippen LogP contribution in [0, 0.1) is 5.92 Å². The number of hydrogen-bond donors (Lipinski definition) is 1. The standard InChI is InChI=1S/C19H20N6/c1-13(15-7-8-15)25-19-16(9-21-25)22-18(23-19)17-10-20-12-24(17)11-14-5-3-2-4-6-14/h2-6,9-10,12-13,15H,7-8,11H2,1H3,(H,22,23). The van der Waals surface area contributed by atoms with Gasteiger partial charge in [0.05, 0.1) is 24.8 Å². The van der Waals surface area contributed by atoms with Crippen molar-refractivity contribution in [3.63, 3.8) is 0 Å². The molecule has 1 saturated carbocycles. The maximum Gasteiger partial charge on any atom is 0.177 e. The van der Waals surface area contributed by atoms with E-state index in [-0.39, 0.29) is 0 Å². The molecule has 3 aromatic heterocycles. The quantitative estimate of drug-likeness (QED) is 0.607. The minimum Gasteiger partial charge on any atom is -0.334 e. The summed E-state index contributed by atoms with van der Waals surface area (Å²) >= 11 is 0. The number of aromatic nitrogens is 6. The first-order chi connectivity index (χ1) is 12.3. The van der Waals surface area contributed by atoms with Gasteiger partial charge < -0.3 is 9.55 Å². The minimum absolute atomic E-state index is 0.405. The topological polar surface area (TPSA) is 64.3 Å². The molecule has 1 aliphatic carbocycles. The molecule has 3 heterocycles. The summed E-state index contributed by atoms with van der Waals surface area (Å²) in [5.74, 6) is 1.59. The summed E-state index contributed by atoms with van der Waals surface area (Å²) in [5.41, 5.74) is 4.15. The number of rotatable bonds is 5. The van der Waals surface area contributed by atoms with Crippen molar-refractivity contribution in [1.29, 1.82) is 0 Å². The van der Waals surface area contributed by atoms with Crippen LogP contribution in [-0.2, 0) is 6.54 Å². The molecule has 0 aliphatic heterocycles. The number of nitrogens with zero attached hydrogens (tertiary/aromatic N) is 5. The van der Waals surface area contributed by atoms with Gasteiger partial charge >= 0.3 is 0 Å². The predicted molar refractivity (Wildman–Crippen MR) is 96.1 cm³/mol. The summed E-state index contributed by atoms with van der Waals surface area (Å²) < 4.78 is 4.18. The lowest BCUT2D eigenvalue weighted by atomic mass is 10.2. The van der Waals surface area contributed by atoms with Gasteiger partial charge in [-0.05, 0) is 31.2 Å². The van der Waals surface area contributed by atoms with Crippen molar-refractivity contribution < 1.29 is 0 Å². The third-order valence-electron chi connectivity index (χ3n) is 5.08. The van der Waals surface area contributed by atoms with E-state index in [4.69, 9.17) is 4.98 Å². The maximum absolute atomic E-state index is 4.83.